The molecule has 5 aromatic rings. The fourth-order valence-electron chi connectivity index (χ4n) is 5.14. The van der Waals surface area contributed by atoms with Gasteiger partial charge in [0, 0.05) is 42.0 Å². The number of rotatable bonds is 4. The highest BCUT2D eigenvalue weighted by molar-refractivity contribution is 9.10. The first-order valence-corrected chi connectivity index (χ1v) is 15.2. The lowest BCUT2D eigenvalue weighted by atomic mass is 10.1. The second-order valence-electron chi connectivity index (χ2n) is 9.92. The van der Waals surface area contributed by atoms with E-state index in [9.17, 15) is 8.42 Å². The summed E-state index contributed by atoms with van der Waals surface area (Å²) >= 11 is 3.50. The predicted molar refractivity (Wildman–Crippen MR) is 163 cm³/mol. The number of H-pyrrole nitrogens is 1. The van der Waals surface area contributed by atoms with Gasteiger partial charge in [-0.15, -0.1) is 4.40 Å². The van der Waals surface area contributed by atoms with Gasteiger partial charge in [0.25, 0.3) is 10.0 Å². The summed E-state index contributed by atoms with van der Waals surface area (Å²) in [5, 5.41) is 6.11. The van der Waals surface area contributed by atoms with E-state index in [2.05, 4.69) is 52.4 Å². The van der Waals surface area contributed by atoms with Crippen molar-refractivity contribution in [2.45, 2.75) is 24.8 Å². The molecule has 9 nitrogen and oxygen atoms in total. The Morgan fingerprint density at radius 1 is 1.05 bits per heavy atom. The summed E-state index contributed by atoms with van der Waals surface area (Å²) in [7, 11) is -4.01. The smallest absolute Gasteiger partial charge is 0.285 e. The van der Waals surface area contributed by atoms with E-state index < -0.39 is 10.0 Å². The number of benzene rings is 3. The Morgan fingerprint density at radius 3 is 2.67 bits per heavy atom. The van der Waals surface area contributed by atoms with Crippen LogP contribution in [0.25, 0.3) is 21.8 Å². The zero-order valence-corrected chi connectivity index (χ0v) is 24.4. The molecule has 11 heteroatoms. The molecule has 1 atom stereocenters. The van der Waals surface area contributed by atoms with Gasteiger partial charge in [-0.2, -0.15) is 8.42 Å². The number of aromatic amines is 1. The Kier molecular flexibility index (Phi) is 6.93. The van der Waals surface area contributed by atoms with E-state index in [-0.39, 0.29) is 16.9 Å². The maximum atomic E-state index is 13.6. The summed E-state index contributed by atoms with van der Waals surface area (Å²) in [5.41, 5.74) is 2.62. The number of halogens is 1. The normalized spacial score (nSPS) is 16.6. The van der Waals surface area contributed by atoms with Crippen LogP contribution in [0, 0.1) is 6.92 Å². The van der Waals surface area contributed by atoms with Gasteiger partial charge >= 0.3 is 0 Å². The van der Waals surface area contributed by atoms with Crippen LogP contribution < -0.4 is 10.2 Å². The highest BCUT2D eigenvalue weighted by atomic mass is 79.9. The molecule has 40 heavy (non-hydrogen) atoms. The number of aryl methyl sites for hydroxylation is 1. The van der Waals surface area contributed by atoms with Crippen molar-refractivity contribution in [3.05, 3.63) is 89.3 Å². The number of aromatic nitrogens is 3. The molecule has 3 heterocycles. The molecule has 0 saturated carbocycles. The summed E-state index contributed by atoms with van der Waals surface area (Å²) in [4.78, 5) is 16.5. The standard InChI is InChI=1S/C29H28BrN7O2S/c1-19-16-31-27-26(19)28(33-18-32-27)36-12-13-37(20(2)17-36)29(34-24-9-5-8-23(30)15-24)35-40(38,39)25-11-10-21-6-3-4-7-22(21)14-25/h3-11,14-16,18,20H,12-13,17H2,1-2H3,(H,34,35)(H,31,32,33)/t20-/m0/s1. The van der Waals surface area contributed by atoms with Crippen LogP contribution in [0.3, 0.4) is 0 Å². The number of piperazine rings is 1. The molecule has 6 rings (SSSR count). The van der Waals surface area contributed by atoms with Gasteiger partial charge in [0.1, 0.15) is 17.8 Å². The molecule has 1 aliphatic rings. The molecular weight excluding hydrogens is 590 g/mol. The zero-order chi connectivity index (χ0) is 27.9. The molecule has 0 bridgehead atoms. The largest absolute Gasteiger partial charge is 0.352 e. The Balaban J connectivity index is 1.35. The Hall–Kier alpha value is -3.96. The minimum atomic E-state index is -4.01. The van der Waals surface area contributed by atoms with Gasteiger partial charge in [0.05, 0.1) is 10.3 Å². The molecule has 2 aromatic heterocycles. The number of fused-ring (bicyclic) bond motifs is 2. The zero-order valence-electron chi connectivity index (χ0n) is 22.0. The summed E-state index contributed by atoms with van der Waals surface area (Å²) in [6.07, 6.45) is 3.51. The van der Waals surface area contributed by atoms with Gasteiger partial charge in [0.2, 0.25) is 5.96 Å². The molecule has 3 aromatic carbocycles. The van der Waals surface area contributed by atoms with Crippen LogP contribution in [0.5, 0.6) is 0 Å². The van der Waals surface area contributed by atoms with E-state index in [0.29, 0.717) is 19.6 Å². The molecule has 204 valence electrons. The van der Waals surface area contributed by atoms with E-state index >= 15 is 0 Å². The summed E-state index contributed by atoms with van der Waals surface area (Å²) in [5.74, 6) is 1.15. The van der Waals surface area contributed by atoms with Crippen molar-refractivity contribution in [2.75, 3.05) is 29.9 Å². The van der Waals surface area contributed by atoms with Gasteiger partial charge in [-0.05, 0) is 60.5 Å². The fraction of sp³-hybridized carbons (Fsp3) is 0.207. The van der Waals surface area contributed by atoms with Crippen LogP contribution in [-0.4, -0.2) is 59.9 Å². The van der Waals surface area contributed by atoms with Crippen LogP contribution in [0.15, 0.2) is 93.0 Å². The summed E-state index contributed by atoms with van der Waals surface area (Å²) in [6, 6.07) is 20.3. The van der Waals surface area contributed by atoms with E-state index in [1.54, 1.807) is 18.5 Å². The molecule has 0 aliphatic carbocycles. The maximum Gasteiger partial charge on any atom is 0.285 e. The Morgan fingerprint density at radius 2 is 1.88 bits per heavy atom. The minimum absolute atomic E-state index is 0.0665. The summed E-state index contributed by atoms with van der Waals surface area (Å²) in [6.45, 7) is 5.91. The summed E-state index contributed by atoms with van der Waals surface area (Å²) < 4.78 is 32.5. The first kappa shape index (κ1) is 26.3. The molecule has 0 amide bonds. The molecule has 0 unspecified atom stereocenters. The molecule has 1 saturated heterocycles. The lowest BCUT2D eigenvalue weighted by Crippen LogP contribution is -2.56. The van der Waals surface area contributed by atoms with Crippen molar-refractivity contribution in [3.63, 3.8) is 0 Å². The van der Waals surface area contributed by atoms with Gasteiger partial charge < -0.3 is 20.1 Å². The van der Waals surface area contributed by atoms with Gasteiger partial charge in [-0.25, -0.2) is 9.97 Å². The average Bonchev–Trinajstić information content (AvgIpc) is 3.33. The quantitative estimate of drug-likeness (QED) is 0.201. The number of guanidine groups is 1. The molecular formula is C29H28BrN7O2S. The molecule has 1 fully saturated rings. The van der Waals surface area contributed by atoms with Crippen molar-refractivity contribution in [3.8, 4) is 0 Å². The maximum absolute atomic E-state index is 13.6. The molecule has 0 radical (unpaired) electrons. The van der Waals surface area contributed by atoms with E-state index in [1.165, 1.54) is 0 Å². The van der Waals surface area contributed by atoms with Crippen molar-refractivity contribution < 1.29 is 8.42 Å². The predicted octanol–water partition coefficient (Wildman–Crippen LogP) is 5.55. The minimum Gasteiger partial charge on any atom is -0.352 e. The van der Waals surface area contributed by atoms with Crippen LogP contribution in [0.2, 0.25) is 0 Å². The van der Waals surface area contributed by atoms with Crippen LogP contribution in [0.4, 0.5) is 11.5 Å². The van der Waals surface area contributed by atoms with Crippen molar-refractivity contribution >= 4 is 65.2 Å². The van der Waals surface area contributed by atoms with Crippen molar-refractivity contribution in [2.24, 2.45) is 4.40 Å². The Labute approximate surface area is 241 Å². The third kappa shape index (κ3) is 5.14. The molecule has 2 N–H and O–H groups in total. The number of hydrogen-bond acceptors (Lipinski definition) is 5. The first-order chi connectivity index (χ1) is 19.3. The number of hydrogen-bond donors (Lipinski definition) is 2. The van der Waals surface area contributed by atoms with E-state index in [1.807, 2.05) is 72.6 Å². The molecule has 1 aliphatic heterocycles. The van der Waals surface area contributed by atoms with Crippen LogP contribution in [0.1, 0.15) is 12.5 Å². The second kappa shape index (κ2) is 10.5. The van der Waals surface area contributed by atoms with Crippen molar-refractivity contribution in [1.29, 1.82) is 0 Å². The van der Waals surface area contributed by atoms with Gasteiger partial charge in [-0.1, -0.05) is 52.3 Å². The average molecular weight is 619 g/mol. The first-order valence-electron chi connectivity index (χ1n) is 13.0. The lowest BCUT2D eigenvalue weighted by molar-refractivity contribution is 0.297. The van der Waals surface area contributed by atoms with E-state index in [0.717, 1.165) is 43.3 Å². The number of nitrogens with zero attached hydrogens (tertiary/aromatic N) is 5. The SMILES string of the molecule is Cc1c[nH]c2ncnc(N3CCN(/C(=N/S(=O)(=O)c4ccc5ccccc5c4)Nc4cccc(Br)c4)[C@@H](C)C3)c12. The van der Waals surface area contributed by atoms with Gasteiger partial charge in [0.15, 0.2) is 0 Å². The third-order valence-corrected chi connectivity index (χ3v) is 8.91. The highest BCUT2D eigenvalue weighted by Gasteiger charge is 2.30. The van der Waals surface area contributed by atoms with Crippen LogP contribution in [-0.2, 0) is 10.0 Å². The molecule has 0 spiro atoms. The fourth-order valence-corrected chi connectivity index (χ4v) is 6.54. The lowest BCUT2D eigenvalue weighted by Gasteiger charge is -2.42. The highest BCUT2D eigenvalue weighted by Crippen LogP contribution is 2.28. The second-order valence-corrected chi connectivity index (χ2v) is 12.4. The number of anilines is 2. The topological polar surface area (TPSA) is 107 Å². The number of nitrogens with one attached hydrogen (secondary N) is 2. The van der Waals surface area contributed by atoms with Crippen LogP contribution >= 0.6 is 15.9 Å². The van der Waals surface area contributed by atoms with E-state index in [4.69, 9.17) is 0 Å². The number of sulfonamides is 1. The third-order valence-electron chi connectivity index (χ3n) is 7.15. The monoisotopic (exact) mass is 617 g/mol. The van der Waals surface area contributed by atoms with Gasteiger partial charge in [-0.3, -0.25) is 0 Å². The van der Waals surface area contributed by atoms with Crippen molar-refractivity contribution in [1.82, 2.24) is 19.9 Å². The Bertz CT molecular complexity index is 1850.